The van der Waals surface area contributed by atoms with Crippen molar-refractivity contribution in [3.8, 4) is 5.75 Å². The molecule has 0 radical (unpaired) electrons. The maximum absolute atomic E-state index is 12.9. The van der Waals surface area contributed by atoms with Crippen molar-refractivity contribution in [1.82, 2.24) is 35.3 Å². The molecule has 2 aromatic heterocycles. The van der Waals surface area contributed by atoms with E-state index in [2.05, 4.69) is 62.9 Å². The van der Waals surface area contributed by atoms with Gasteiger partial charge in [-0.05, 0) is 25.3 Å². The number of nitrogens with zero attached hydrogens (tertiary/aromatic N) is 6. The molecule has 1 fully saturated rings. The second-order valence-corrected chi connectivity index (χ2v) is 15.4. The third-order valence-corrected chi connectivity index (χ3v) is 10.7. The highest BCUT2D eigenvalue weighted by Gasteiger charge is 2.22. The highest BCUT2D eigenvalue weighted by atomic mass is 16.5. The van der Waals surface area contributed by atoms with Crippen LogP contribution in [-0.2, 0) is 11.3 Å². The number of nitrogens with one attached hydrogen (secondary N) is 3. The number of piperazine rings is 1. The van der Waals surface area contributed by atoms with Crippen molar-refractivity contribution in [3.05, 3.63) is 30.0 Å². The van der Waals surface area contributed by atoms with Crippen molar-refractivity contribution < 1.29 is 14.3 Å². The van der Waals surface area contributed by atoms with Crippen molar-refractivity contribution >= 4 is 40.4 Å². The first kappa shape index (κ1) is 44.4. The molecule has 56 heavy (non-hydrogen) atoms. The van der Waals surface area contributed by atoms with E-state index in [1.54, 1.807) is 7.11 Å². The molecule has 13 nitrogen and oxygen atoms in total. The number of nitrogens with two attached hydrogens (primary N) is 1. The third-order valence-electron chi connectivity index (χ3n) is 10.7. The Kier molecular flexibility index (Phi) is 20.5. The predicted molar refractivity (Wildman–Crippen MR) is 230 cm³/mol. The number of benzene rings is 1. The van der Waals surface area contributed by atoms with Gasteiger partial charge in [0, 0.05) is 69.6 Å². The van der Waals surface area contributed by atoms with E-state index in [9.17, 15) is 9.59 Å². The summed E-state index contributed by atoms with van der Waals surface area (Å²) in [5.41, 5.74) is 9.41. The first-order chi connectivity index (χ1) is 27.4. The number of rotatable bonds is 28. The van der Waals surface area contributed by atoms with Gasteiger partial charge in [0.1, 0.15) is 11.3 Å². The van der Waals surface area contributed by atoms with Crippen molar-refractivity contribution in [3.63, 3.8) is 0 Å². The fraction of sp³-hybridized carbons (Fsp3) is 0.698. The van der Waals surface area contributed by atoms with Crippen molar-refractivity contribution in [2.24, 2.45) is 0 Å². The summed E-state index contributed by atoms with van der Waals surface area (Å²) in [5.74, 6) is 1.76. The Morgan fingerprint density at radius 3 is 2.02 bits per heavy atom. The first-order valence-electron chi connectivity index (χ1n) is 21.9. The molecule has 0 aliphatic carbocycles. The molecule has 1 aromatic carbocycles. The highest BCUT2D eigenvalue weighted by molar-refractivity contribution is 5.85. The first-order valence-corrected chi connectivity index (χ1v) is 21.9. The van der Waals surface area contributed by atoms with Gasteiger partial charge in [0.15, 0.2) is 11.3 Å². The summed E-state index contributed by atoms with van der Waals surface area (Å²) in [4.78, 5) is 38.0. The number of carbonyl (C=O) groups is 2. The van der Waals surface area contributed by atoms with Crippen LogP contribution in [0.15, 0.2) is 24.4 Å². The van der Waals surface area contributed by atoms with Gasteiger partial charge in [0.05, 0.1) is 19.9 Å². The molecule has 0 bridgehead atoms. The Hall–Kier alpha value is -4.29. The molecule has 13 heteroatoms. The fourth-order valence-electron chi connectivity index (χ4n) is 7.34. The zero-order chi connectivity index (χ0) is 39.8. The van der Waals surface area contributed by atoms with Gasteiger partial charge in [-0.25, -0.2) is 9.78 Å². The summed E-state index contributed by atoms with van der Waals surface area (Å²) in [5, 5.41) is 14.1. The monoisotopic (exact) mass is 777 g/mol. The highest BCUT2D eigenvalue weighted by Crippen LogP contribution is 2.28. The number of fused-ring (bicyclic) bond motifs is 1. The summed E-state index contributed by atoms with van der Waals surface area (Å²) in [6, 6.07) is 6.17. The van der Waals surface area contributed by atoms with Gasteiger partial charge in [-0.3, -0.25) is 9.48 Å². The summed E-state index contributed by atoms with van der Waals surface area (Å²) < 4.78 is 7.64. The molecule has 1 aliphatic heterocycles. The van der Waals surface area contributed by atoms with Gasteiger partial charge >= 0.3 is 6.03 Å². The summed E-state index contributed by atoms with van der Waals surface area (Å²) in [6.45, 7) is 9.56. The van der Waals surface area contributed by atoms with Crippen LogP contribution in [0.5, 0.6) is 5.75 Å². The largest absolute Gasteiger partial charge is 0.496 e. The Morgan fingerprint density at radius 1 is 0.750 bits per heavy atom. The second-order valence-electron chi connectivity index (χ2n) is 15.4. The molecule has 0 saturated carbocycles. The van der Waals surface area contributed by atoms with E-state index in [0.29, 0.717) is 56.0 Å². The number of urea groups is 1. The average Bonchev–Trinajstić information content (AvgIpc) is 3.61. The Bertz CT molecular complexity index is 1570. The number of nitrogen functional groups attached to an aromatic ring is 1. The van der Waals surface area contributed by atoms with Crippen LogP contribution in [0.1, 0.15) is 141 Å². The minimum Gasteiger partial charge on any atom is -0.496 e. The van der Waals surface area contributed by atoms with Gasteiger partial charge in [-0.2, -0.15) is 10.1 Å². The van der Waals surface area contributed by atoms with Gasteiger partial charge in [0.25, 0.3) is 0 Å². The molecule has 3 amide bonds. The summed E-state index contributed by atoms with van der Waals surface area (Å²) in [6.07, 6.45) is 25.1. The summed E-state index contributed by atoms with van der Waals surface area (Å²) >= 11 is 0. The van der Waals surface area contributed by atoms with Crippen LogP contribution in [0.4, 0.5) is 22.2 Å². The maximum Gasteiger partial charge on any atom is 0.317 e. The molecule has 0 unspecified atom stereocenters. The lowest BCUT2D eigenvalue weighted by atomic mass is 10.0. The molecule has 1 aliphatic rings. The van der Waals surface area contributed by atoms with E-state index in [0.717, 1.165) is 68.7 Å². The number of ether oxygens (including phenoxy) is 1. The molecule has 1 saturated heterocycles. The number of hydrogen-bond acceptors (Lipinski definition) is 9. The van der Waals surface area contributed by atoms with Crippen LogP contribution < -0.4 is 31.3 Å². The molecular weight excluding hydrogens is 705 g/mol. The van der Waals surface area contributed by atoms with Crippen molar-refractivity contribution in [2.45, 2.75) is 142 Å². The van der Waals surface area contributed by atoms with E-state index < -0.39 is 0 Å². The molecule has 5 N–H and O–H groups in total. The Labute approximate surface area is 336 Å². The minimum atomic E-state index is -0.0523. The number of anilines is 3. The van der Waals surface area contributed by atoms with Crippen LogP contribution in [0, 0.1) is 0 Å². The average molecular weight is 777 g/mol. The fourth-order valence-corrected chi connectivity index (χ4v) is 7.34. The lowest BCUT2D eigenvalue weighted by Crippen LogP contribution is -2.52. The molecule has 0 spiro atoms. The van der Waals surface area contributed by atoms with Crippen LogP contribution in [0.25, 0.3) is 11.0 Å². The molecule has 4 rings (SSSR count). The maximum atomic E-state index is 12.9. The third kappa shape index (κ3) is 15.7. The van der Waals surface area contributed by atoms with Crippen LogP contribution in [0.3, 0.4) is 0 Å². The van der Waals surface area contributed by atoms with Crippen molar-refractivity contribution in [2.75, 3.05) is 68.9 Å². The molecule has 0 atom stereocenters. The zero-order valence-corrected chi connectivity index (χ0v) is 34.9. The predicted octanol–water partition coefficient (Wildman–Crippen LogP) is 8.28. The van der Waals surface area contributed by atoms with Crippen LogP contribution in [0.2, 0.25) is 0 Å². The normalized spacial score (nSPS) is 13.0. The van der Waals surface area contributed by atoms with Gasteiger partial charge < -0.3 is 36.2 Å². The Balaban J connectivity index is 1.05. The summed E-state index contributed by atoms with van der Waals surface area (Å²) in [7, 11) is 1.68. The minimum absolute atomic E-state index is 0.0523. The lowest BCUT2D eigenvalue weighted by molar-refractivity contribution is -0.121. The van der Waals surface area contributed by atoms with Crippen molar-refractivity contribution in [1.29, 1.82) is 0 Å². The SMILES string of the molecule is CCCCCCCCCCCCCCCCCC(=O)NCCCNC(=O)N1CCN(c2ccc(Cn3cc4nc(N)nc(NCCCC)c4n3)c(OC)c2)CC1. The molecular formula is C43H72N10O3. The number of carbonyl (C=O) groups excluding carboxylic acids is 2. The number of unbranched alkanes of at least 4 members (excludes halogenated alkanes) is 15. The number of methoxy groups -OCH3 is 1. The smallest absolute Gasteiger partial charge is 0.317 e. The number of hydrogen-bond donors (Lipinski definition) is 4. The molecule has 3 aromatic rings. The van der Waals surface area contributed by atoms with Crippen LogP contribution >= 0.6 is 0 Å². The number of amides is 3. The van der Waals surface area contributed by atoms with E-state index in [1.165, 1.54) is 83.5 Å². The van der Waals surface area contributed by atoms with E-state index in [4.69, 9.17) is 15.6 Å². The molecule has 3 heterocycles. The molecule has 312 valence electrons. The number of aromatic nitrogens is 4. The standard InChI is InChI=1S/C43H72N10O3/c1-4-6-8-9-10-11-12-13-14-15-16-17-18-19-20-22-39(54)45-26-21-27-47-43(55)52-30-28-51(29-31-52)36-24-23-35(38(32-36)56-3)33-53-34-37-40(50-53)41(46-25-7-5-2)49-42(44)48-37/h23-24,32,34H,4-22,25-31,33H2,1-3H3,(H,45,54)(H,47,55)(H3,44,46,48,49). The lowest BCUT2D eigenvalue weighted by Gasteiger charge is -2.36. The van der Waals surface area contributed by atoms with E-state index >= 15 is 0 Å². The quantitative estimate of drug-likeness (QED) is 0.0534. The topological polar surface area (TPSA) is 156 Å². The van der Waals surface area contributed by atoms with Crippen LogP contribution in [-0.4, -0.2) is 89.5 Å². The Morgan fingerprint density at radius 2 is 1.38 bits per heavy atom. The van der Waals surface area contributed by atoms with Gasteiger partial charge in [0.2, 0.25) is 11.9 Å². The van der Waals surface area contributed by atoms with E-state index in [1.807, 2.05) is 15.8 Å². The second kappa shape index (κ2) is 25.8. The van der Waals surface area contributed by atoms with Gasteiger partial charge in [-0.15, -0.1) is 0 Å². The van der Waals surface area contributed by atoms with E-state index in [-0.39, 0.29) is 17.9 Å². The van der Waals surface area contributed by atoms with Gasteiger partial charge in [-0.1, -0.05) is 116 Å². The zero-order valence-electron chi connectivity index (χ0n) is 34.9.